The lowest BCUT2D eigenvalue weighted by molar-refractivity contribution is 0.0963. The van der Waals surface area contributed by atoms with Crippen molar-refractivity contribution in [3.8, 4) is 0 Å². The average Bonchev–Trinajstić information content (AvgIpc) is 3.00. The number of aliphatic hydroxyl groups excluding tert-OH is 1. The molecule has 0 bridgehead atoms. The highest BCUT2D eigenvalue weighted by molar-refractivity contribution is 9.10. The zero-order valence-corrected chi connectivity index (χ0v) is 15.6. The summed E-state index contributed by atoms with van der Waals surface area (Å²) < 4.78 is 3.04. The normalized spacial score (nSPS) is 18.7. The lowest BCUT2D eigenvalue weighted by Crippen LogP contribution is -2.41. The quantitative estimate of drug-likeness (QED) is 0.854. The number of hydrogen-bond acceptors (Lipinski definition) is 2. The fraction of sp³-hybridized carbons (Fsp3) is 0.421. The van der Waals surface area contributed by atoms with Crippen molar-refractivity contribution in [3.05, 3.63) is 51.3 Å². The highest BCUT2D eigenvalue weighted by atomic mass is 79.9. The lowest BCUT2D eigenvalue weighted by atomic mass is 9.90. The van der Waals surface area contributed by atoms with Gasteiger partial charge in [0.05, 0.1) is 12.3 Å². The van der Waals surface area contributed by atoms with Crippen LogP contribution in [0.1, 0.15) is 41.2 Å². The summed E-state index contributed by atoms with van der Waals surface area (Å²) in [6, 6.07) is 7.78. The molecule has 0 saturated heterocycles. The molecule has 0 radical (unpaired) electrons. The van der Waals surface area contributed by atoms with Crippen LogP contribution in [0, 0.1) is 5.41 Å². The Hall–Kier alpha value is -1.59. The van der Waals surface area contributed by atoms with Gasteiger partial charge in [-0.05, 0) is 42.0 Å². The minimum atomic E-state index is -0.0910. The Balaban J connectivity index is 1.73. The third-order valence-corrected chi connectivity index (χ3v) is 5.91. The molecule has 0 unspecified atom stereocenters. The average molecular weight is 389 g/mol. The fourth-order valence-corrected chi connectivity index (χ4v) is 4.58. The monoisotopic (exact) mass is 388 g/mol. The molecule has 24 heavy (non-hydrogen) atoms. The summed E-state index contributed by atoms with van der Waals surface area (Å²) in [5.41, 5.74) is 5.29. The molecule has 0 saturated carbocycles. The van der Waals surface area contributed by atoms with Gasteiger partial charge in [0.2, 0.25) is 0 Å². The molecular weight excluding hydrogens is 368 g/mol. The number of benzene rings is 1. The van der Waals surface area contributed by atoms with Crippen LogP contribution in [0.15, 0.2) is 28.7 Å². The maximum atomic E-state index is 13.1. The van der Waals surface area contributed by atoms with E-state index in [0.717, 1.165) is 40.8 Å². The summed E-state index contributed by atoms with van der Waals surface area (Å²) in [6.07, 6.45) is 2.07. The van der Waals surface area contributed by atoms with E-state index in [1.54, 1.807) is 4.90 Å². The van der Waals surface area contributed by atoms with Gasteiger partial charge in [-0.15, -0.1) is 0 Å². The number of anilines is 1. The zero-order valence-electron chi connectivity index (χ0n) is 14.0. The van der Waals surface area contributed by atoms with Crippen LogP contribution in [-0.2, 0) is 26.0 Å². The smallest absolute Gasteiger partial charge is 0.274 e. The summed E-state index contributed by atoms with van der Waals surface area (Å²) in [5.74, 6) is 0.0289. The number of carbonyl (C=O) groups is 1. The SMILES string of the molecule is CC1(C)Cc2cc3n(c2C1)CCN(c1cccc(Br)c1CO)C3=O. The number of halogens is 1. The Bertz CT molecular complexity index is 838. The summed E-state index contributed by atoms with van der Waals surface area (Å²) in [6.45, 7) is 5.92. The van der Waals surface area contributed by atoms with E-state index in [4.69, 9.17) is 0 Å². The first-order chi connectivity index (χ1) is 11.4. The summed E-state index contributed by atoms with van der Waals surface area (Å²) >= 11 is 3.47. The van der Waals surface area contributed by atoms with Crippen molar-refractivity contribution in [1.82, 2.24) is 4.57 Å². The van der Waals surface area contributed by atoms with Gasteiger partial charge in [-0.2, -0.15) is 0 Å². The molecule has 1 aromatic heterocycles. The van der Waals surface area contributed by atoms with Crippen molar-refractivity contribution in [1.29, 1.82) is 0 Å². The number of hydrogen-bond donors (Lipinski definition) is 1. The maximum absolute atomic E-state index is 13.1. The van der Waals surface area contributed by atoms with Crippen LogP contribution in [0.4, 0.5) is 5.69 Å². The van der Waals surface area contributed by atoms with Crippen LogP contribution in [0.25, 0.3) is 0 Å². The fourth-order valence-electron chi connectivity index (χ4n) is 4.10. The molecule has 2 aliphatic rings. The topological polar surface area (TPSA) is 45.5 Å². The lowest BCUT2D eigenvalue weighted by Gasteiger charge is -2.31. The van der Waals surface area contributed by atoms with Gasteiger partial charge in [0.15, 0.2) is 0 Å². The highest BCUT2D eigenvalue weighted by Gasteiger charge is 2.37. The van der Waals surface area contributed by atoms with E-state index in [1.165, 1.54) is 11.3 Å². The molecule has 0 atom stereocenters. The molecule has 0 fully saturated rings. The molecule has 1 aliphatic carbocycles. The summed E-state index contributed by atoms with van der Waals surface area (Å²) in [4.78, 5) is 14.9. The third kappa shape index (κ3) is 2.33. The summed E-state index contributed by atoms with van der Waals surface area (Å²) in [7, 11) is 0. The minimum absolute atomic E-state index is 0.0289. The van der Waals surface area contributed by atoms with E-state index < -0.39 is 0 Å². The van der Waals surface area contributed by atoms with Gasteiger partial charge in [-0.3, -0.25) is 4.79 Å². The Kier molecular flexibility index (Phi) is 3.62. The van der Waals surface area contributed by atoms with E-state index in [1.807, 2.05) is 18.2 Å². The van der Waals surface area contributed by atoms with Crippen LogP contribution in [0.3, 0.4) is 0 Å². The van der Waals surface area contributed by atoms with Crippen LogP contribution in [0.5, 0.6) is 0 Å². The second-order valence-electron chi connectivity index (χ2n) is 7.52. The van der Waals surface area contributed by atoms with Gasteiger partial charge in [-0.1, -0.05) is 35.8 Å². The molecule has 1 amide bonds. The molecule has 2 heterocycles. The molecule has 1 aromatic carbocycles. The Morgan fingerprint density at radius 3 is 2.79 bits per heavy atom. The molecule has 2 aromatic rings. The Morgan fingerprint density at radius 2 is 2.04 bits per heavy atom. The number of nitrogens with zero attached hydrogens (tertiary/aromatic N) is 2. The number of aliphatic hydroxyl groups is 1. The van der Waals surface area contributed by atoms with Gasteiger partial charge in [-0.25, -0.2) is 0 Å². The number of rotatable bonds is 2. The molecular formula is C19H21BrN2O2. The number of amides is 1. The molecule has 0 spiro atoms. The van der Waals surface area contributed by atoms with Crippen LogP contribution < -0.4 is 4.90 Å². The van der Waals surface area contributed by atoms with E-state index in [2.05, 4.69) is 40.4 Å². The maximum Gasteiger partial charge on any atom is 0.274 e. The molecule has 4 nitrogen and oxygen atoms in total. The van der Waals surface area contributed by atoms with Crippen molar-refractivity contribution < 1.29 is 9.90 Å². The molecule has 5 heteroatoms. The van der Waals surface area contributed by atoms with E-state index in [-0.39, 0.29) is 12.5 Å². The van der Waals surface area contributed by atoms with E-state index >= 15 is 0 Å². The van der Waals surface area contributed by atoms with Crippen LogP contribution in [-0.4, -0.2) is 22.1 Å². The van der Waals surface area contributed by atoms with Gasteiger partial charge < -0.3 is 14.6 Å². The number of fused-ring (bicyclic) bond motifs is 3. The molecule has 1 aliphatic heterocycles. The predicted molar refractivity (Wildman–Crippen MR) is 97.4 cm³/mol. The van der Waals surface area contributed by atoms with Crippen molar-refractivity contribution in [2.45, 2.75) is 39.8 Å². The van der Waals surface area contributed by atoms with Crippen molar-refractivity contribution >= 4 is 27.5 Å². The predicted octanol–water partition coefficient (Wildman–Crippen LogP) is 3.53. The van der Waals surface area contributed by atoms with Gasteiger partial charge >= 0.3 is 0 Å². The second-order valence-corrected chi connectivity index (χ2v) is 8.38. The van der Waals surface area contributed by atoms with Crippen molar-refractivity contribution in [2.24, 2.45) is 5.41 Å². The van der Waals surface area contributed by atoms with Crippen molar-refractivity contribution in [3.63, 3.8) is 0 Å². The van der Waals surface area contributed by atoms with E-state index in [0.29, 0.717) is 12.0 Å². The minimum Gasteiger partial charge on any atom is -0.392 e. The zero-order chi connectivity index (χ0) is 17.1. The third-order valence-electron chi connectivity index (χ3n) is 5.17. The second kappa shape index (κ2) is 5.46. The summed E-state index contributed by atoms with van der Waals surface area (Å²) in [5, 5.41) is 9.69. The molecule has 1 N–H and O–H groups in total. The highest BCUT2D eigenvalue weighted by Crippen LogP contribution is 2.40. The first kappa shape index (κ1) is 15.9. The van der Waals surface area contributed by atoms with Gasteiger partial charge in [0.25, 0.3) is 5.91 Å². The Labute approximate surface area is 150 Å². The largest absolute Gasteiger partial charge is 0.392 e. The number of aromatic nitrogens is 1. The molecule has 126 valence electrons. The van der Waals surface area contributed by atoms with Gasteiger partial charge in [0, 0.05) is 28.8 Å². The van der Waals surface area contributed by atoms with Crippen LogP contribution in [0.2, 0.25) is 0 Å². The number of carbonyl (C=O) groups excluding carboxylic acids is 1. The first-order valence-electron chi connectivity index (χ1n) is 8.33. The Morgan fingerprint density at radius 1 is 1.25 bits per heavy atom. The molecule has 4 rings (SSSR count). The van der Waals surface area contributed by atoms with Gasteiger partial charge in [0.1, 0.15) is 5.69 Å². The standard InChI is InChI=1S/C19H21BrN2O2/c1-19(2)9-12-8-16-18(24)22(7-6-21(16)17(12)10-19)15-5-3-4-14(20)13(15)11-23/h3-5,8,23H,6-7,9-11H2,1-2H3. The van der Waals surface area contributed by atoms with Crippen LogP contribution >= 0.6 is 15.9 Å². The first-order valence-corrected chi connectivity index (χ1v) is 9.12. The van der Waals surface area contributed by atoms with Crippen molar-refractivity contribution in [2.75, 3.05) is 11.4 Å². The van der Waals surface area contributed by atoms with E-state index in [9.17, 15) is 9.90 Å².